The lowest BCUT2D eigenvalue weighted by Crippen LogP contribution is -2.44. The van der Waals surface area contributed by atoms with Gasteiger partial charge in [-0.2, -0.15) is 0 Å². The number of thioether (sulfide) groups is 1. The molecule has 28 heavy (non-hydrogen) atoms. The van der Waals surface area contributed by atoms with Crippen molar-refractivity contribution in [3.05, 3.63) is 35.5 Å². The average molecular weight is 401 g/mol. The van der Waals surface area contributed by atoms with Gasteiger partial charge < -0.3 is 20.5 Å². The lowest BCUT2D eigenvalue weighted by molar-refractivity contribution is -0.120. The molecule has 1 amide bonds. The number of nitrogen functional groups attached to an aromatic ring is 1. The van der Waals surface area contributed by atoms with Crippen molar-refractivity contribution in [3.8, 4) is 11.5 Å². The third kappa shape index (κ3) is 4.01. The van der Waals surface area contributed by atoms with Crippen LogP contribution in [0, 0.1) is 6.92 Å². The van der Waals surface area contributed by atoms with E-state index in [-0.39, 0.29) is 17.2 Å². The Bertz CT molecular complexity index is 863. The zero-order chi connectivity index (χ0) is 19.6. The Hall–Kier alpha value is -2.48. The summed E-state index contributed by atoms with van der Waals surface area (Å²) in [7, 11) is 0. The lowest BCUT2D eigenvalue weighted by Gasteiger charge is -2.32. The second kappa shape index (κ2) is 7.87. The maximum absolute atomic E-state index is 12.7. The summed E-state index contributed by atoms with van der Waals surface area (Å²) >= 11 is 1.30. The van der Waals surface area contributed by atoms with E-state index >= 15 is 0 Å². The van der Waals surface area contributed by atoms with Crippen LogP contribution in [0.2, 0.25) is 0 Å². The summed E-state index contributed by atoms with van der Waals surface area (Å²) in [5, 5.41) is 3.79. The number of hydrogen-bond acceptors (Lipinski definition) is 7. The van der Waals surface area contributed by atoms with E-state index in [1.807, 2.05) is 25.1 Å². The second-order valence-corrected chi connectivity index (χ2v) is 8.14. The Morgan fingerprint density at radius 3 is 2.68 bits per heavy atom. The molecular formula is C20H24N4O3S. The van der Waals surface area contributed by atoms with Gasteiger partial charge in [-0.1, -0.05) is 30.7 Å². The Kier molecular flexibility index (Phi) is 5.30. The van der Waals surface area contributed by atoms with Crippen LogP contribution in [0.25, 0.3) is 0 Å². The number of anilines is 1. The second-order valence-electron chi connectivity index (χ2n) is 7.20. The van der Waals surface area contributed by atoms with Gasteiger partial charge in [-0.05, 0) is 37.5 Å². The molecule has 0 radical (unpaired) electrons. The number of amides is 1. The van der Waals surface area contributed by atoms with Crippen molar-refractivity contribution < 1.29 is 14.3 Å². The molecule has 2 aromatic rings. The standard InChI is InChI=1S/C20H24N4O3S/c1-13-10-17(21)23-19(22-13)28-12-18(25)24-20(6-2-3-7-20)14-4-5-15-16(11-14)27-9-8-26-15/h4-5,10-11H,2-3,6-9,12H2,1H3,(H,24,25)(H2,21,22,23). The molecule has 7 nitrogen and oxygen atoms in total. The molecule has 8 heteroatoms. The van der Waals surface area contributed by atoms with E-state index in [0.717, 1.165) is 48.4 Å². The van der Waals surface area contributed by atoms with E-state index in [4.69, 9.17) is 15.2 Å². The minimum absolute atomic E-state index is 0.0366. The van der Waals surface area contributed by atoms with Crippen LogP contribution in [-0.2, 0) is 10.3 Å². The number of aryl methyl sites for hydroxylation is 1. The van der Waals surface area contributed by atoms with Crippen LogP contribution in [0.5, 0.6) is 11.5 Å². The van der Waals surface area contributed by atoms with E-state index in [0.29, 0.717) is 24.2 Å². The summed E-state index contributed by atoms with van der Waals surface area (Å²) in [5.41, 5.74) is 7.27. The quantitative estimate of drug-likeness (QED) is 0.588. The van der Waals surface area contributed by atoms with E-state index in [1.54, 1.807) is 6.07 Å². The Morgan fingerprint density at radius 1 is 1.18 bits per heavy atom. The summed E-state index contributed by atoms with van der Waals surface area (Å²) in [4.78, 5) is 21.2. The van der Waals surface area contributed by atoms with E-state index in [2.05, 4.69) is 15.3 Å². The molecule has 2 aliphatic rings. The molecule has 1 fully saturated rings. The van der Waals surface area contributed by atoms with Crippen molar-refractivity contribution in [1.29, 1.82) is 0 Å². The number of rotatable bonds is 5. The molecule has 1 aromatic carbocycles. The number of carbonyl (C=O) groups is 1. The fourth-order valence-corrected chi connectivity index (χ4v) is 4.58. The normalized spacial score (nSPS) is 17.3. The molecule has 1 aliphatic heterocycles. The van der Waals surface area contributed by atoms with Crippen LogP contribution < -0.4 is 20.5 Å². The predicted octanol–water partition coefficient (Wildman–Crippen LogP) is 2.82. The summed E-state index contributed by atoms with van der Waals surface area (Å²) < 4.78 is 11.4. The van der Waals surface area contributed by atoms with Crippen molar-refractivity contribution in [2.45, 2.75) is 43.3 Å². The monoisotopic (exact) mass is 400 g/mol. The van der Waals surface area contributed by atoms with Crippen LogP contribution in [0.3, 0.4) is 0 Å². The predicted molar refractivity (Wildman–Crippen MR) is 108 cm³/mol. The molecule has 1 aromatic heterocycles. The molecule has 0 spiro atoms. The van der Waals surface area contributed by atoms with Crippen LogP contribution in [0.15, 0.2) is 29.4 Å². The number of nitrogens with two attached hydrogens (primary N) is 1. The van der Waals surface area contributed by atoms with Gasteiger partial charge in [0.1, 0.15) is 19.0 Å². The highest BCUT2D eigenvalue weighted by molar-refractivity contribution is 7.99. The van der Waals surface area contributed by atoms with Crippen molar-refractivity contribution >= 4 is 23.5 Å². The topological polar surface area (TPSA) is 99.4 Å². The highest BCUT2D eigenvalue weighted by Crippen LogP contribution is 2.42. The van der Waals surface area contributed by atoms with Crippen LogP contribution in [0.4, 0.5) is 5.82 Å². The van der Waals surface area contributed by atoms with Gasteiger partial charge in [0.2, 0.25) is 5.91 Å². The van der Waals surface area contributed by atoms with Gasteiger partial charge >= 0.3 is 0 Å². The lowest BCUT2D eigenvalue weighted by atomic mass is 9.87. The molecule has 148 valence electrons. The zero-order valence-electron chi connectivity index (χ0n) is 15.9. The highest BCUT2D eigenvalue weighted by Gasteiger charge is 2.37. The van der Waals surface area contributed by atoms with E-state index in [9.17, 15) is 4.79 Å². The fourth-order valence-electron chi connectivity index (χ4n) is 3.87. The zero-order valence-corrected chi connectivity index (χ0v) is 16.7. The number of aromatic nitrogens is 2. The first-order chi connectivity index (χ1) is 13.5. The largest absolute Gasteiger partial charge is 0.486 e. The van der Waals surface area contributed by atoms with Crippen LogP contribution >= 0.6 is 11.8 Å². The summed E-state index contributed by atoms with van der Waals surface area (Å²) in [6, 6.07) is 7.70. The smallest absolute Gasteiger partial charge is 0.231 e. The highest BCUT2D eigenvalue weighted by atomic mass is 32.2. The van der Waals surface area contributed by atoms with Gasteiger partial charge in [0.15, 0.2) is 16.7 Å². The maximum atomic E-state index is 12.7. The maximum Gasteiger partial charge on any atom is 0.231 e. The van der Waals surface area contributed by atoms with Crippen molar-refractivity contribution in [1.82, 2.24) is 15.3 Å². The van der Waals surface area contributed by atoms with Crippen LogP contribution in [-0.4, -0.2) is 34.8 Å². The molecule has 0 atom stereocenters. The summed E-state index contributed by atoms with van der Waals surface area (Å²) in [6.07, 6.45) is 3.99. The molecule has 2 heterocycles. The SMILES string of the molecule is Cc1cc(N)nc(SCC(=O)NC2(c3ccc4c(c3)OCCO4)CCCC2)n1. The molecule has 3 N–H and O–H groups in total. The van der Waals surface area contributed by atoms with E-state index < -0.39 is 0 Å². The van der Waals surface area contributed by atoms with Gasteiger partial charge in [-0.25, -0.2) is 9.97 Å². The summed E-state index contributed by atoms with van der Waals surface area (Å²) in [6.45, 7) is 2.97. The molecule has 4 rings (SSSR count). The summed E-state index contributed by atoms with van der Waals surface area (Å²) in [5.74, 6) is 2.14. The van der Waals surface area contributed by atoms with E-state index in [1.165, 1.54) is 11.8 Å². The Labute approximate surface area is 168 Å². The van der Waals surface area contributed by atoms with Gasteiger partial charge in [-0.15, -0.1) is 0 Å². The van der Waals surface area contributed by atoms with Crippen LogP contribution in [0.1, 0.15) is 36.9 Å². The van der Waals surface area contributed by atoms with Gasteiger partial charge in [0.05, 0.1) is 11.3 Å². The first kappa shape index (κ1) is 18.9. The van der Waals surface area contributed by atoms with Crippen molar-refractivity contribution in [2.75, 3.05) is 24.7 Å². The minimum atomic E-state index is -0.361. The molecular weight excluding hydrogens is 376 g/mol. The average Bonchev–Trinajstić information content (AvgIpc) is 3.15. The number of fused-ring (bicyclic) bond motifs is 1. The number of carbonyl (C=O) groups excluding carboxylic acids is 1. The van der Waals surface area contributed by atoms with Crippen molar-refractivity contribution in [3.63, 3.8) is 0 Å². The fraction of sp³-hybridized carbons (Fsp3) is 0.450. The number of hydrogen-bond donors (Lipinski definition) is 2. The third-order valence-electron chi connectivity index (χ3n) is 5.12. The Balaban J connectivity index is 1.48. The molecule has 0 unspecified atom stereocenters. The molecule has 1 saturated carbocycles. The van der Waals surface area contributed by atoms with Gasteiger partial charge in [0.25, 0.3) is 0 Å². The van der Waals surface area contributed by atoms with Gasteiger partial charge in [0, 0.05) is 11.8 Å². The number of nitrogens with one attached hydrogen (secondary N) is 1. The first-order valence-corrected chi connectivity index (χ1v) is 10.5. The Morgan fingerprint density at radius 2 is 1.93 bits per heavy atom. The number of ether oxygens (including phenoxy) is 2. The number of nitrogens with zero attached hydrogens (tertiary/aromatic N) is 2. The first-order valence-electron chi connectivity index (χ1n) is 9.49. The molecule has 0 saturated heterocycles. The molecule has 1 aliphatic carbocycles. The third-order valence-corrected chi connectivity index (χ3v) is 5.96. The van der Waals surface area contributed by atoms with Gasteiger partial charge in [-0.3, -0.25) is 4.79 Å². The minimum Gasteiger partial charge on any atom is -0.486 e. The van der Waals surface area contributed by atoms with Crippen molar-refractivity contribution in [2.24, 2.45) is 0 Å². The number of benzene rings is 1. The molecule has 0 bridgehead atoms.